The van der Waals surface area contributed by atoms with Gasteiger partial charge in [-0.15, -0.1) is 23.1 Å². The minimum absolute atomic E-state index is 0.123. The van der Waals surface area contributed by atoms with Crippen LogP contribution in [0.15, 0.2) is 51.8 Å². The van der Waals surface area contributed by atoms with Crippen LogP contribution in [0.25, 0.3) is 0 Å². The Morgan fingerprint density at radius 2 is 1.93 bits per heavy atom. The molecule has 0 radical (unpaired) electrons. The molecule has 6 nitrogen and oxygen atoms in total. The Morgan fingerprint density at radius 1 is 1.11 bits per heavy atom. The number of carbonyl (C=O) groups excluding carboxylic acids is 2. The molecule has 0 spiro atoms. The van der Waals surface area contributed by atoms with Crippen molar-refractivity contribution in [3.8, 4) is 0 Å². The zero-order chi connectivity index (χ0) is 19.1. The fourth-order valence-electron chi connectivity index (χ4n) is 1.99. The van der Waals surface area contributed by atoms with E-state index in [-0.39, 0.29) is 17.6 Å². The molecule has 0 aliphatic rings. The van der Waals surface area contributed by atoms with Crippen molar-refractivity contribution >= 4 is 69.0 Å². The second-order valence-electron chi connectivity index (χ2n) is 5.11. The molecule has 2 heterocycles. The second kappa shape index (κ2) is 9.88. The first-order valence-electron chi connectivity index (χ1n) is 7.98. The van der Waals surface area contributed by atoms with Gasteiger partial charge in [0.05, 0.1) is 10.6 Å². The number of thioether (sulfide) groups is 2. The van der Waals surface area contributed by atoms with E-state index in [1.54, 1.807) is 17.8 Å². The van der Waals surface area contributed by atoms with E-state index in [0.29, 0.717) is 15.2 Å². The number of carbonyl (C=O) groups is 2. The normalized spacial score (nSPS) is 10.6. The Morgan fingerprint density at radius 3 is 2.63 bits per heavy atom. The summed E-state index contributed by atoms with van der Waals surface area (Å²) in [5, 5.41) is 8.68. The van der Waals surface area contributed by atoms with Gasteiger partial charge in [0.1, 0.15) is 0 Å². The molecule has 3 rings (SSSR count). The number of amides is 2. The first-order chi connectivity index (χ1) is 13.1. The van der Waals surface area contributed by atoms with Crippen LogP contribution in [0, 0.1) is 0 Å². The van der Waals surface area contributed by atoms with Crippen LogP contribution in [0.2, 0.25) is 0 Å². The number of anilines is 2. The van der Waals surface area contributed by atoms with Crippen molar-refractivity contribution in [3.63, 3.8) is 0 Å². The van der Waals surface area contributed by atoms with Crippen molar-refractivity contribution in [3.05, 3.63) is 46.7 Å². The van der Waals surface area contributed by atoms with Gasteiger partial charge in [0.15, 0.2) is 0 Å². The number of hydrogen-bond acceptors (Lipinski definition) is 8. The summed E-state index contributed by atoms with van der Waals surface area (Å²) in [6.07, 6.45) is 0. The monoisotopic (exact) mass is 436 g/mol. The van der Waals surface area contributed by atoms with Crippen LogP contribution in [0.4, 0.5) is 10.8 Å². The summed E-state index contributed by atoms with van der Waals surface area (Å²) in [4.78, 5) is 29.9. The third-order valence-electron chi connectivity index (χ3n) is 3.15. The van der Waals surface area contributed by atoms with E-state index in [0.717, 1.165) is 16.3 Å². The van der Waals surface area contributed by atoms with E-state index >= 15 is 0 Å². The predicted molar refractivity (Wildman–Crippen MR) is 114 cm³/mol. The first-order valence-corrected chi connectivity index (χ1v) is 11.6. The molecule has 2 N–H and O–H groups in total. The van der Waals surface area contributed by atoms with E-state index in [9.17, 15) is 9.59 Å². The average Bonchev–Trinajstić information content (AvgIpc) is 3.34. The molecule has 0 aliphatic heterocycles. The van der Waals surface area contributed by atoms with Gasteiger partial charge >= 0.3 is 0 Å². The first kappa shape index (κ1) is 19.9. The molecule has 27 heavy (non-hydrogen) atoms. The highest BCUT2D eigenvalue weighted by atomic mass is 32.2. The van der Waals surface area contributed by atoms with Crippen molar-refractivity contribution < 1.29 is 9.59 Å². The molecule has 10 heteroatoms. The fourth-order valence-corrected chi connectivity index (χ4v) is 4.59. The molecule has 0 bridgehead atoms. The highest BCUT2D eigenvalue weighted by Gasteiger charge is 2.10. The van der Waals surface area contributed by atoms with Crippen molar-refractivity contribution in [1.29, 1.82) is 0 Å². The number of nitrogens with one attached hydrogen (secondary N) is 2. The summed E-state index contributed by atoms with van der Waals surface area (Å²) < 4.78 is 4.17. The van der Waals surface area contributed by atoms with Crippen LogP contribution in [-0.2, 0) is 4.79 Å². The Labute approximate surface area is 173 Å². The molecule has 0 unspecified atom stereocenters. The molecule has 2 aromatic heterocycles. The highest BCUT2D eigenvalue weighted by Crippen LogP contribution is 2.23. The van der Waals surface area contributed by atoms with E-state index in [1.807, 2.05) is 42.6 Å². The molecular weight excluding hydrogens is 420 g/mol. The molecule has 2 amide bonds. The summed E-state index contributed by atoms with van der Waals surface area (Å²) in [6.45, 7) is 2.03. The SMILES string of the molecule is CCSc1nsc(NC(=O)CSc2ccc(NC(=O)c3cccs3)cc2)n1. The lowest BCUT2D eigenvalue weighted by Crippen LogP contribution is -2.13. The number of aromatic nitrogens is 2. The van der Waals surface area contributed by atoms with Crippen LogP contribution in [0.1, 0.15) is 16.6 Å². The molecule has 1 aromatic carbocycles. The third kappa shape index (κ3) is 6.06. The van der Waals surface area contributed by atoms with Gasteiger partial charge in [-0.25, -0.2) is 0 Å². The predicted octanol–water partition coefficient (Wildman–Crippen LogP) is 4.69. The maximum Gasteiger partial charge on any atom is 0.265 e. The zero-order valence-electron chi connectivity index (χ0n) is 14.3. The van der Waals surface area contributed by atoms with E-state index < -0.39 is 0 Å². The van der Waals surface area contributed by atoms with Gasteiger partial charge < -0.3 is 5.32 Å². The van der Waals surface area contributed by atoms with Crippen molar-refractivity contribution in [2.24, 2.45) is 0 Å². The van der Waals surface area contributed by atoms with Crippen molar-refractivity contribution in [2.45, 2.75) is 17.0 Å². The maximum absolute atomic E-state index is 12.0. The Hall–Kier alpha value is -1.88. The van der Waals surface area contributed by atoms with Crippen LogP contribution in [-0.4, -0.2) is 32.7 Å². The smallest absolute Gasteiger partial charge is 0.265 e. The Balaban J connectivity index is 1.46. The minimum Gasteiger partial charge on any atom is -0.321 e. The largest absolute Gasteiger partial charge is 0.321 e. The number of benzene rings is 1. The fraction of sp³-hybridized carbons (Fsp3) is 0.176. The molecule has 0 fully saturated rings. The topological polar surface area (TPSA) is 84.0 Å². The van der Waals surface area contributed by atoms with E-state index in [4.69, 9.17) is 0 Å². The molecule has 0 atom stereocenters. The minimum atomic E-state index is -0.126. The molecule has 0 saturated carbocycles. The lowest BCUT2D eigenvalue weighted by Gasteiger charge is -2.05. The molecular formula is C17H16N4O2S4. The van der Waals surface area contributed by atoms with Crippen LogP contribution < -0.4 is 10.6 Å². The number of rotatable bonds is 8. The van der Waals surface area contributed by atoms with Crippen LogP contribution in [0.5, 0.6) is 0 Å². The number of hydrogen-bond donors (Lipinski definition) is 2. The summed E-state index contributed by atoms with van der Waals surface area (Å²) in [5.41, 5.74) is 0.719. The summed E-state index contributed by atoms with van der Waals surface area (Å²) in [5.74, 6) is 0.919. The quantitative estimate of drug-likeness (QED) is 0.498. The lowest BCUT2D eigenvalue weighted by molar-refractivity contribution is -0.113. The van der Waals surface area contributed by atoms with Gasteiger partial charge in [0, 0.05) is 22.1 Å². The van der Waals surface area contributed by atoms with Gasteiger partial charge in [-0.05, 0) is 41.5 Å². The Bertz CT molecular complexity index is 894. The van der Waals surface area contributed by atoms with E-state index in [1.165, 1.54) is 34.6 Å². The van der Waals surface area contributed by atoms with Gasteiger partial charge in [-0.1, -0.05) is 24.8 Å². The zero-order valence-corrected chi connectivity index (χ0v) is 17.6. The summed E-state index contributed by atoms with van der Waals surface area (Å²) in [7, 11) is 0. The molecule has 3 aromatic rings. The van der Waals surface area contributed by atoms with Crippen LogP contribution >= 0.6 is 46.4 Å². The van der Waals surface area contributed by atoms with Gasteiger partial charge in [-0.2, -0.15) is 9.36 Å². The van der Waals surface area contributed by atoms with Gasteiger partial charge in [-0.3, -0.25) is 14.9 Å². The van der Waals surface area contributed by atoms with Crippen molar-refractivity contribution in [1.82, 2.24) is 9.36 Å². The molecule has 0 aliphatic carbocycles. The third-order valence-corrected chi connectivity index (χ3v) is 6.51. The molecule has 140 valence electrons. The van der Waals surface area contributed by atoms with E-state index in [2.05, 4.69) is 20.0 Å². The summed E-state index contributed by atoms with van der Waals surface area (Å²) in [6, 6.07) is 11.0. The number of thiophene rings is 1. The van der Waals surface area contributed by atoms with Gasteiger partial charge in [0.2, 0.25) is 16.2 Å². The lowest BCUT2D eigenvalue weighted by atomic mass is 10.3. The standard InChI is InChI=1S/C17H16N4O2S4/c1-2-24-17-20-16(27-21-17)19-14(22)10-26-12-7-5-11(6-8-12)18-15(23)13-4-3-9-25-13/h3-9H,2,10H2,1H3,(H,18,23)(H,19,20,21,22). The average molecular weight is 437 g/mol. The van der Waals surface area contributed by atoms with Crippen LogP contribution in [0.3, 0.4) is 0 Å². The van der Waals surface area contributed by atoms with Gasteiger partial charge in [0.25, 0.3) is 5.91 Å². The summed E-state index contributed by atoms with van der Waals surface area (Å²) >= 11 is 5.54. The van der Waals surface area contributed by atoms with Crippen molar-refractivity contribution in [2.75, 3.05) is 22.1 Å². The number of nitrogens with zero attached hydrogens (tertiary/aromatic N) is 2. The maximum atomic E-state index is 12.0. The Kier molecular flexibility index (Phi) is 7.27. The second-order valence-corrected chi connectivity index (χ2v) is 9.09. The highest BCUT2D eigenvalue weighted by molar-refractivity contribution is 8.00. The molecule has 0 saturated heterocycles.